The van der Waals surface area contributed by atoms with Crippen LogP contribution in [0.2, 0.25) is 0 Å². The molecule has 1 amide bonds. The molecule has 2 N–H and O–H groups in total. The van der Waals surface area contributed by atoms with Crippen molar-refractivity contribution >= 4 is 11.9 Å². The van der Waals surface area contributed by atoms with Crippen LogP contribution in [0.15, 0.2) is 30.6 Å². The van der Waals surface area contributed by atoms with Gasteiger partial charge in [-0.1, -0.05) is 12.1 Å². The Morgan fingerprint density at radius 1 is 1.32 bits per heavy atom. The van der Waals surface area contributed by atoms with Gasteiger partial charge in [0.15, 0.2) is 11.5 Å². The van der Waals surface area contributed by atoms with Crippen molar-refractivity contribution in [2.24, 2.45) is 0 Å². The van der Waals surface area contributed by atoms with Gasteiger partial charge in [-0.15, -0.1) is 0 Å². The van der Waals surface area contributed by atoms with Gasteiger partial charge in [-0.2, -0.15) is 10.1 Å². The highest BCUT2D eigenvalue weighted by Gasteiger charge is 2.34. The first-order valence-electron chi connectivity index (χ1n) is 5.82. The first kappa shape index (κ1) is 11.5. The lowest BCUT2D eigenvalue weighted by molar-refractivity contribution is -0.128. The van der Waals surface area contributed by atoms with Crippen LogP contribution >= 0.6 is 0 Å². The number of amides is 1. The number of aromatic amines is 1. The fourth-order valence-corrected chi connectivity index (χ4v) is 1.86. The highest BCUT2D eigenvalue weighted by Crippen LogP contribution is 2.33. The van der Waals surface area contributed by atoms with Crippen molar-refractivity contribution in [3.8, 4) is 11.5 Å². The van der Waals surface area contributed by atoms with E-state index < -0.39 is 12.2 Å². The lowest BCUT2D eigenvalue weighted by Gasteiger charge is -2.30. The monoisotopic (exact) mass is 260 g/mol. The number of ether oxygens (including phenoxy) is 2. The van der Waals surface area contributed by atoms with Crippen molar-refractivity contribution in [1.82, 2.24) is 15.2 Å². The molecule has 0 spiro atoms. The van der Waals surface area contributed by atoms with E-state index in [1.807, 2.05) is 12.1 Å². The molecule has 1 aliphatic rings. The van der Waals surface area contributed by atoms with E-state index in [0.717, 1.165) is 0 Å². The van der Waals surface area contributed by atoms with Crippen LogP contribution in [-0.4, -0.2) is 33.3 Å². The van der Waals surface area contributed by atoms with Crippen molar-refractivity contribution in [2.45, 2.75) is 19.1 Å². The molecule has 2 atom stereocenters. The SMILES string of the molecule is CC1Oc2ccccc2OC1C(=O)Nc1ncn[nH]1. The summed E-state index contributed by atoms with van der Waals surface area (Å²) in [7, 11) is 0. The summed E-state index contributed by atoms with van der Waals surface area (Å²) < 4.78 is 11.3. The third kappa shape index (κ3) is 2.22. The molecule has 98 valence electrons. The maximum absolute atomic E-state index is 12.1. The number of fused-ring (bicyclic) bond motifs is 1. The molecule has 2 unspecified atom stereocenters. The molecule has 2 aromatic rings. The van der Waals surface area contributed by atoms with Gasteiger partial charge in [0.25, 0.3) is 5.91 Å². The molecule has 7 nitrogen and oxygen atoms in total. The molecule has 19 heavy (non-hydrogen) atoms. The number of benzene rings is 1. The van der Waals surface area contributed by atoms with Gasteiger partial charge >= 0.3 is 0 Å². The molecule has 1 aliphatic heterocycles. The number of anilines is 1. The molecule has 0 radical (unpaired) electrons. The highest BCUT2D eigenvalue weighted by molar-refractivity contribution is 5.93. The first-order chi connectivity index (χ1) is 9.24. The van der Waals surface area contributed by atoms with E-state index in [1.165, 1.54) is 6.33 Å². The molecule has 0 saturated heterocycles. The summed E-state index contributed by atoms with van der Waals surface area (Å²) in [6, 6.07) is 7.24. The number of hydrogen-bond acceptors (Lipinski definition) is 5. The minimum absolute atomic E-state index is 0.277. The zero-order valence-electron chi connectivity index (χ0n) is 10.2. The van der Waals surface area contributed by atoms with Gasteiger partial charge in [-0.3, -0.25) is 10.1 Å². The normalized spacial score (nSPS) is 20.9. The Kier molecular flexibility index (Phi) is 2.79. The van der Waals surface area contributed by atoms with Crippen LogP contribution in [0, 0.1) is 0 Å². The van der Waals surface area contributed by atoms with Crippen LogP contribution in [0.1, 0.15) is 6.92 Å². The van der Waals surface area contributed by atoms with Crippen molar-refractivity contribution in [3.63, 3.8) is 0 Å². The van der Waals surface area contributed by atoms with E-state index in [2.05, 4.69) is 20.5 Å². The quantitative estimate of drug-likeness (QED) is 0.839. The van der Waals surface area contributed by atoms with E-state index in [0.29, 0.717) is 11.5 Å². The molecule has 0 aliphatic carbocycles. The molecule has 1 aromatic carbocycles. The Morgan fingerprint density at radius 2 is 2.05 bits per heavy atom. The zero-order chi connectivity index (χ0) is 13.2. The van der Waals surface area contributed by atoms with E-state index in [-0.39, 0.29) is 11.9 Å². The Balaban J connectivity index is 1.77. The third-order valence-electron chi connectivity index (χ3n) is 2.76. The second kappa shape index (κ2) is 4.60. The predicted molar refractivity (Wildman–Crippen MR) is 66.0 cm³/mol. The van der Waals surface area contributed by atoms with Crippen LogP contribution in [-0.2, 0) is 4.79 Å². The third-order valence-corrected chi connectivity index (χ3v) is 2.76. The summed E-state index contributed by atoms with van der Waals surface area (Å²) >= 11 is 0. The molecule has 0 fully saturated rings. The lowest BCUT2D eigenvalue weighted by Crippen LogP contribution is -2.46. The summed E-state index contributed by atoms with van der Waals surface area (Å²) in [4.78, 5) is 15.9. The van der Waals surface area contributed by atoms with Gasteiger partial charge in [0.2, 0.25) is 12.1 Å². The van der Waals surface area contributed by atoms with Gasteiger partial charge in [0, 0.05) is 0 Å². The number of carbonyl (C=O) groups is 1. The Hall–Kier alpha value is -2.57. The maximum Gasteiger partial charge on any atom is 0.271 e. The van der Waals surface area contributed by atoms with Gasteiger partial charge in [0.1, 0.15) is 12.4 Å². The summed E-state index contributed by atoms with van der Waals surface area (Å²) in [5.41, 5.74) is 0. The number of hydrogen-bond donors (Lipinski definition) is 2. The topological polar surface area (TPSA) is 89.1 Å². The standard InChI is InChI=1S/C12H12N4O3/c1-7-10(11(17)15-12-13-6-14-16-12)19-9-5-3-2-4-8(9)18-7/h2-7,10H,1H3,(H2,13,14,15,16,17). The Bertz CT molecular complexity index is 584. The smallest absolute Gasteiger partial charge is 0.271 e. The number of aromatic nitrogens is 3. The average Bonchev–Trinajstić information content (AvgIpc) is 2.90. The van der Waals surface area contributed by atoms with Crippen molar-refractivity contribution in [1.29, 1.82) is 0 Å². The minimum atomic E-state index is -0.736. The van der Waals surface area contributed by atoms with Gasteiger partial charge in [0.05, 0.1) is 0 Å². The van der Waals surface area contributed by atoms with E-state index in [4.69, 9.17) is 9.47 Å². The highest BCUT2D eigenvalue weighted by atomic mass is 16.6. The number of carbonyl (C=O) groups excluding carboxylic acids is 1. The molecule has 7 heteroatoms. The summed E-state index contributed by atoms with van der Waals surface area (Å²) in [6.07, 6.45) is 0.185. The molecule has 3 rings (SSSR count). The van der Waals surface area contributed by atoms with Gasteiger partial charge in [-0.25, -0.2) is 5.10 Å². The fourth-order valence-electron chi connectivity index (χ4n) is 1.86. The minimum Gasteiger partial charge on any atom is -0.482 e. The van der Waals surface area contributed by atoms with Crippen molar-refractivity contribution in [2.75, 3.05) is 5.32 Å². The zero-order valence-corrected chi connectivity index (χ0v) is 10.2. The number of rotatable bonds is 2. The van der Waals surface area contributed by atoms with Crippen LogP contribution in [0.4, 0.5) is 5.95 Å². The average molecular weight is 260 g/mol. The van der Waals surface area contributed by atoms with Crippen molar-refractivity contribution in [3.05, 3.63) is 30.6 Å². The predicted octanol–water partition coefficient (Wildman–Crippen LogP) is 0.972. The number of nitrogens with one attached hydrogen (secondary N) is 2. The molecule has 0 saturated carbocycles. The van der Waals surface area contributed by atoms with Crippen LogP contribution in [0.25, 0.3) is 0 Å². The number of para-hydroxylation sites is 2. The number of H-pyrrole nitrogens is 1. The molecule has 2 heterocycles. The Labute approximate surface area is 108 Å². The summed E-state index contributed by atoms with van der Waals surface area (Å²) in [5.74, 6) is 1.13. The van der Waals surface area contributed by atoms with E-state index in [9.17, 15) is 4.79 Å². The molecular weight excluding hydrogens is 248 g/mol. The van der Waals surface area contributed by atoms with Crippen molar-refractivity contribution < 1.29 is 14.3 Å². The Morgan fingerprint density at radius 3 is 2.74 bits per heavy atom. The molecule has 1 aromatic heterocycles. The van der Waals surface area contributed by atoms with Gasteiger partial charge < -0.3 is 9.47 Å². The second-order valence-corrected chi connectivity index (χ2v) is 4.13. The second-order valence-electron chi connectivity index (χ2n) is 4.13. The lowest BCUT2D eigenvalue weighted by atomic mass is 10.1. The summed E-state index contributed by atoms with van der Waals surface area (Å²) in [6.45, 7) is 1.78. The summed E-state index contributed by atoms with van der Waals surface area (Å²) in [5, 5.41) is 8.78. The maximum atomic E-state index is 12.1. The molecular formula is C12H12N4O3. The number of nitrogens with zero attached hydrogens (tertiary/aromatic N) is 2. The van der Waals surface area contributed by atoms with E-state index in [1.54, 1.807) is 19.1 Å². The van der Waals surface area contributed by atoms with Gasteiger partial charge in [-0.05, 0) is 19.1 Å². The van der Waals surface area contributed by atoms with Crippen LogP contribution < -0.4 is 14.8 Å². The first-order valence-corrected chi connectivity index (χ1v) is 5.82. The fraction of sp³-hybridized carbons (Fsp3) is 0.250. The molecule has 0 bridgehead atoms. The van der Waals surface area contributed by atoms with Crippen LogP contribution in [0.5, 0.6) is 11.5 Å². The van der Waals surface area contributed by atoms with Crippen LogP contribution in [0.3, 0.4) is 0 Å². The largest absolute Gasteiger partial charge is 0.482 e. The van der Waals surface area contributed by atoms with E-state index >= 15 is 0 Å².